The average molecular weight is 397 g/mol. The summed E-state index contributed by atoms with van der Waals surface area (Å²) in [5.41, 5.74) is 2.01. The van der Waals surface area contributed by atoms with Crippen molar-refractivity contribution in [3.8, 4) is 11.4 Å². The SMILES string of the molecule is CCc1ccc(-c2noc(COC(=O)CN3C(=O)[C@@H]4CCCC[C@H]4C3=O)n2)cc1. The molecule has 1 aliphatic heterocycles. The molecule has 2 heterocycles. The van der Waals surface area contributed by atoms with E-state index in [2.05, 4.69) is 17.1 Å². The monoisotopic (exact) mass is 397 g/mol. The standard InChI is InChI=1S/C21H23N3O5/c1-2-13-7-9-14(10-8-13)19-22-17(29-23-19)12-28-18(25)11-24-20(26)15-5-3-4-6-16(15)21(24)27/h7-10,15-16H,2-6,11-12H2,1H3/t15-,16-/m1/s1. The number of fused-ring (bicyclic) bond motifs is 1. The summed E-state index contributed by atoms with van der Waals surface area (Å²) in [6.45, 7) is 1.50. The molecule has 2 amide bonds. The van der Waals surface area contributed by atoms with Crippen LogP contribution >= 0.6 is 0 Å². The molecule has 0 spiro atoms. The van der Waals surface area contributed by atoms with Crippen LogP contribution in [0.1, 0.15) is 44.1 Å². The van der Waals surface area contributed by atoms with E-state index in [1.807, 2.05) is 24.3 Å². The molecule has 1 saturated heterocycles. The molecule has 2 aromatic rings. The fraction of sp³-hybridized carbons (Fsp3) is 0.476. The van der Waals surface area contributed by atoms with Crippen molar-refractivity contribution in [3.63, 3.8) is 0 Å². The lowest BCUT2D eigenvalue weighted by Crippen LogP contribution is -2.36. The smallest absolute Gasteiger partial charge is 0.326 e. The summed E-state index contributed by atoms with van der Waals surface area (Å²) in [7, 11) is 0. The zero-order valence-electron chi connectivity index (χ0n) is 16.3. The molecule has 0 unspecified atom stereocenters. The first-order valence-corrected chi connectivity index (χ1v) is 9.99. The van der Waals surface area contributed by atoms with Crippen LogP contribution in [0.5, 0.6) is 0 Å². The highest BCUT2D eigenvalue weighted by atomic mass is 16.6. The maximum absolute atomic E-state index is 12.4. The Balaban J connectivity index is 1.32. The minimum atomic E-state index is -0.669. The minimum absolute atomic E-state index is 0.153. The highest BCUT2D eigenvalue weighted by Crippen LogP contribution is 2.37. The van der Waals surface area contributed by atoms with Gasteiger partial charge in [0.2, 0.25) is 17.6 Å². The number of carbonyl (C=O) groups excluding carboxylic acids is 3. The van der Waals surface area contributed by atoms with Gasteiger partial charge < -0.3 is 9.26 Å². The number of benzene rings is 1. The number of aromatic nitrogens is 2. The van der Waals surface area contributed by atoms with Gasteiger partial charge in [0.15, 0.2) is 6.61 Å². The number of hydrogen-bond acceptors (Lipinski definition) is 7. The third kappa shape index (κ3) is 3.92. The number of rotatable bonds is 6. The van der Waals surface area contributed by atoms with Gasteiger partial charge in [-0.05, 0) is 24.8 Å². The number of ether oxygens (including phenoxy) is 1. The number of aryl methyl sites for hydroxylation is 1. The number of likely N-dealkylation sites (tertiary alicyclic amines) is 1. The van der Waals surface area contributed by atoms with Gasteiger partial charge in [-0.25, -0.2) is 0 Å². The highest BCUT2D eigenvalue weighted by Gasteiger charge is 2.48. The predicted molar refractivity (Wildman–Crippen MR) is 101 cm³/mol. The van der Waals surface area contributed by atoms with Gasteiger partial charge >= 0.3 is 5.97 Å². The summed E-state index contributed by atoms with van der Waals surface area (Å²) in [5, 5.41) is 3.90. The molecule has 1 aromatic carbocycles. The van der Waals surface area contributed by atoms with Crippen LogP contribution in [0, 0.1) is 11.8 Å². The predicted octanol–water partition coefficient (Wildman–Crippen LogP) is 2.52. The Hall–Kier alpha value is -3.03. The van der Waals surface area contributed by atoms with Gasteiger partial charge in [-0.2, -0.15) is 4.98 Å². The lowest BCUT2D eigenvalue weighted by molar-refractivity contribution is -0.154. The summed E-state index contributed by atoms with van der Waals surface area (Å²) in [5.74, 6) is -1.17. The number of hydrogen-bond donors (Lipinski definition) is 0. The molecule has 8 nitrogen and oxygen atoms in total. The van der Waals surface area contributed by atoms with Crippen LogP contribution in [0.25, 0.3) is 11.4 Å². The van der Waals surface area contributed by atoms with Gasteiger partial charge in [-0.3, -0.25) is 19.3 Å². The van der Waals surface area contributed by atoms with E-state index in [4.69, 9.17) is 9.26 Å². The normalized spacial score (nSPS) is 21.3. The first kappa shape index (κ1) is 19.3. The zero-order valence-corrected chi connectivity index (χ0v) is 16.3. The summed E-state index contributed by atoms with van der Waals surface area (Å²) in [6, 6.07) is 7.80. The van der Waals surface area contributed by atoms with Crippen molar-refractivity contribution >= 4 is 17.8 Å². The first-order chi connectivity index (χ1) is 14.1. The molecular weight excluding hydrogens is 374 g/mol. The van der Waals surface area contributed by atoms with Crippen molar-refractivity contribution in [1.29, 1.82) is 0 Å². The van der Waals surface area contributed by atoms with Crippen molar-refractivity contribution < 1.29 is 23.6 Å². The van der Waals surface area contributed by atoms with Crippen molar-refractivity contribution in [2.75, 3.05) is 6.54 Å². The molecule has 1 aliphatic carbocycles. The fourth-order valence-electron chi connectivity index (χ4n) is 4.02. The Kier molecular flexibility index (Phi) is 5.42. The minimum Gasteiger partial charge on any atom is -0.454 e. The van der Waals surface area contributed by atoms with E-state index < -0.39 is 5.97 Å². The van der Waals surface area contributed by atoms with Crippen LogP contribution in [0.4, 0.5) is 0 Å². The molecule has 0 radical (unpaired) electrons. The Morgan fingerprint density at radius 2 is 1.79 bits per heavy atom. The molecule has 4 rings (SSSR count). The van der Waals surface area contributed by atoms with Gasteiger partial charge in [-0.15, -0.1) is 0 Å². The van der Waals surface area contributed by atoms with Crippen LogP contribution in [-0.2, 0) is 32.1 Å². The lowest BCUT2D eigenvalue weighted by Gasteiger charge is -2.19. The fourth-order valence-corrected chi connectivity index (χ4v) is 4.02. The topological polar surface area (TPSA) is 103 Å². The van der Waals surface area contributed by atoms with Crippen molar-refractivity contribution in [3.05, 3.63) is 35.7 Å². The highest BCUT2D eigenvalue weighted by molar-refractivity contribution is 6.07. The molecule has 0 N–H and O–H groups in total. The number of carbonyl (C=O) groups is 3. The zero-order chi connectivity index (χ0) is 20.4. The van der Waals surface area contributed by atoms with Crippen LogP contribution < -0.4 is 0 Å². The maximum Gasteiger partial charge on any atom is 0.326 e. The summed E-state index contributed by atoms with van der Waals surface area (Å²) >= 11 is 0. The van der Waals surface area contributed by atoms with Crippen molar-refractivity contribution in [1.82, 2.24) is 15.0 Å². The van der Waals surface area contributed by atoms with Gasteiger partial charge in [0.25, 0.3) is 5.89 Å². The van der Waals surface area contributed by atoms with Gasteiger partial charge in [0.05, 0.1) is 11.8 Å². The second-order valence-electron chi connectivity index (χ2n) is 7.48. The van der Waals surface area contributed by atoms with Gasteiger partial charge in [0.1, 0.15) is 6.54 Å². The third-order valence-corrected chi connectivity index (χ3v) is 5.66. The Morgan fingerprint density at radius 3 is 2.41 bits per heavy atom. The van der Waals surface area contributed by atoms with E-state index in [1.54, 1.807) is 0 Å². The average Bonchev–Trinajstić information content (AvgIpc) is 3.32. The van der Waals surface area contributed by atoms with E-state index in [0.29, 0.717) is 18.7 Å². The van der Waals surface area contributed by atoms with Crippen LogP contribution in [0.3, 0.4) is 0 Å². The molecule has 2 aliphatic rings. The number of imide groups is 1. The number of nitrogens with zero attached hydrogens (tertiary/aromatic N) is 3. The van der Waals surface area contributed by atoms with Crippen molar-refractivity contribution in [2.24, 2.45) is 11.8 Å². The summed E-state index contributed by atoms with van der Waals surface area (Å²) in [6.07, 6.45) is 4.26. The van der Waals surface area contributed by atoms with Crippen LogP contribution in [0.15, 0.2) is 28.8 Å². The summed E-state index contributed by atoms with van der Waals surface area (Å²) < 4.78 is 10.3. The number of amides is 2. The van der Waals surface area contributed by atoms with E-state index in [9.17, 15) is 14.4 Å². The Bertz CT molecular complexity index is 897. The van der Waals surface area contributed by atoms with E-state index in [-0.39, 0.29) is 42.7 Å². The third-order valence-electron chi connectivity index (χ3n) is 5.66. The second-order valence-corrected chi connectivity index (χ2v) is 7.48. The number of esters is 1. The molecule has 152 valence electrons. The molecule has 8 heteroatoms. The van der Waals surface area contributed by atoms with Crippen molar-refractivity contribution in [2.45, 2.75) is 45.6 Å². The van der Waals surface area contributed by atoms with E-state index >= 15 is 0 Å². The molecular formula is C21H23N3O5. The van der Waals surface area contributed by atoms with Crippen LogP contribution in [-0.4, -0.2) is 39.4 Å². The van der Waals surface area contributed by atoms with E-state index in [0.717, 1.165) is 29.7 Å². The Labute approximate surface area is 168 Å². The molecule has 1 aromatic heterocycles. The lowest BCUT2D eigenvalue weighted by atomic mass is 9.81. The maximum atomic E-state index is 12.4. The molecule has 29 heavy (non-hydrogen) atoms. The quantitative estimate of drug-likeness (QED) is 0.545. The van der Waals surface area contributed by atoms with Crippen LogP contribution in [0.2, 0.25) is 0 Å². The van der Waals surface area contributed by atoms with Gasteiger partial charge in [0, 0.05) is 5.56 Å². The first-order valence-electron chi connectivity index (χ1n) is 9.99. The molecule has 1 saturated carbocycles. The molecule has 0 bridgehead atoms. The van der Waals surface area contributed by atoms with E-state index in [1.165, 1.54) is 5.56 Å². The Morgan fingerprint density at radius 1 is 1.14 bits per heavy atom. The second kappa shape index (κ2) is 8.14. The summed E-state index contributed by atoms with van der Waals surface area (Å²) in [4.78, 5) is 42.3. The largest absolute Gasteiger partial charge is 0.454 e. The van der Waals surface area contributed by atoms with Gasteiger partial charge in [-0.1, -0.05) is 49.2 Å². The molecule has 2 atom stereocenters. The molecule has 2 fully saturated rings.